The molecule has 0 aliphatic heterocycles. The summed E-state index contributed by atoms with van der Waals surface area (Å²) in [6.07, 6.45) is 0. The van der Waals surface area contributed by atoms with Crippen molar-refractivity contribution < 1.29 is 0 Å². The summed E-state index contributed by atoms with van der Waals surface area (Å²) in [4.78, 5) is 0. The molecule has 0 saturated heterocycles. The molecule has 1 atom stereocenters. The van der Waals surface area contributed by atoms with Gasteiger partial charge in [0.1, 0.15) is 0 Å². The van der Waals surface area contributed by atoms with Crippen molar-refractivity contribution >= 4 is 11.6 Å². The zero-order valence-corrected chi connectivity index (χ0v) is 9.81. The molecule has 1 unspecified atom stereocenters. The predicted octanol–water partition coefficient (Wildman–Crippen LogP) is 3.35. The van der Waals surface area contributed by atoms with Gasteiger partial charge in [-0.1, -0.05) is 31.5 Å². The molecule has 2 heteroatoms. The van der Waals surface area contributed by atoms with E-state index in [0.29, 0.717) is 18.4 Å². The molecule has 0 amide bonds. The van der Waals surface area contributed by atoms with Crippen LogP contribution in [0.3, 0.4) is 0 Å². The zero-order valence-electron chi connectivity index (χ0n) is 9.05. The Morgan fingerprint density at radius 3 is 2.36 bits per heavy atom. The molecular weight excluding hydrogens is 194 g/mol. The fourth-order valence-electron chi connectivity index (χ4n) is 1.77. The normalized spacial score (nSPS) is 13.3. The van der Waals surface area contributed by atoms with Gasteiger partial charge in [-0.25, -0.2) is 0 Å². The highest BCUT2D eigenvalue weighted by Gasteiger charge is 2.14. The van der Waals surface area contributed by atoms with Gasteiger partial charge < -0.3 is 5.73 Å². The van der Waals surface area contributed by atoms with Crippen LogP contribution in [0.25, 0.3) is 0 Å². The van der Waals surface area contributed by atoms with Crippen molar-refractivity contribution in [2.75, 3.05) is 6.54 Å². The van der Waals surface area contributed by atoms with Crippen LogP contribution in [0.5, 0.6) is 0 Å². The summed E-state index contributed by atoms with van der Waals surface area (Å²) in [6, 6.07) is 6.16. The van der Waals surface area contributed by atoms with E-state index in [-0.39, 0.29) is 0 Å². The minimum atomic E-state index is 0.410. The first-order valence-corrected chi connectivity index (χ1v) is 5.39. The van der Waals surface area contributed by atoms with E-state index in [2.05, 4.69) is 26.8 Å². The lowest BCUT2D eigenvalue weighted by Gasteiger charge is -2.20. The van der Waals surface area contributed by atoms with Gasteiger partial charge in [0.15, 0.2) is 0 Å². The average molecular weight is 212 g/mol. The first kappa shape index (κ1) is 11.5. The standard InChI is InChI=1S/C12H18ClN/c1-8(2)12(7-14)10-4-9(3)5-11(13)6-10/h4-6,8,12H,7,14H2,1-3H3. The Labute approximate surface area is 91.3 Å². The third kappa shape index (κ3) is 2.73. The molecule has 0 bridgehead atoms. The highest BCUT2D eigenvalue weighted by molar-refractivity contribution is 6.30. The van der Waals surface area contributed by atoms with Crippen LogP contribution in [0.2, 0.25) is 5.02 Å². The van der Waals surface area contributed by atoms with E-state index in [1.54, 1.807) is 0 Å². The fourth-order valence-corrected chi connectivity index (χ4v) is 2.07. The summed E-state index contributed by atoms with van der Waals surface area (Å²) in [6.45, 7) is 7.11. The zero-order chi connectivity index (χ0) is 10.7. The lowest BCUT2D eigenvalue weighted by Crippen LogP contribution is -2.17. The van der Waals surface area contributed by atoms with E-state index in [9.17, 15) is 0 Å². The summed E-state index contributed by atoms with van der Waals surface area (Å²) in [5.74, 6) is 0.963. The van der Waals surface area contributed by atoms with Gasteiger partial charge in [-0.2, -0.15) is 0 Å². The molecule has 78 valence electrons. The highest BCUT2D eigenvalue weighted by Crippen LogP contribution is 2.26. The summed E-state index contributed by atoms with van der Waals surface area (Å²) in [5, 5.41) is 0.805. The molecule has 1 rings (SSSR count). The van der Waals surface area contributed by atoms with Gasteiger partial charge in [-0.05, 0) is 48.6 Å². The summed E-state index contributed by atoms with van der Waals surface area (Å²) >= 11 is 6.02. The molecule has 14 heavy (non-hydrogen) atoms. The van der Waals surface area contributed by atoms with Crippen molar-refractivity contribution in [3.8, 4) is 0 Å². The fraction of sp³-hybridized carbons (Fsp3) is 0.500. The Balaban J connectivity index is 3.04. The van der Waals surface area contributed by atoms with Gasteiger partial charge in [0, 0.05) is 5.02 Å². The van der Waals surface area contributed by atoms with Crippen LogP contribution in [-0.2, 0) is 0 Å². The molecule has 1 aromatic carbocycles. The molecule has 1 aromatic rings. The van der Waals surface area contributed by atoms with E-state index in [4.69, 9.17) is 17.3 Å². The number of hydrogen-bond donors (Lipinski definition) is 1. The monoisotopic (exact) mass is 211 g/mol. The minimum Gasteiger partial charge on any atom is -0.330 e. The number of hydrogen-bond acceptors (Lipinski definition) is 1. The van der Waals surface area contributed by atoms with Gasteiger partial charge in [-0.3, -0.25) is 0 Å². The molecule has 0 heterocycles. The number of rotatable bonds is 3. The van der Waals surface area contributed by atoms with Gasteiger partial charge in [0.05, 0.1) is 0 Å². The number of aryl methyl sites for hydroxylation is 1. The van der Waals surface area contributed by atoms with Gasteiger partial charge in [-0.15, -0.1) is 0 Å². The molecule has 0 aliphatic carbocycles. The van der Waals surface area contributed by atoms with Gasteiger partial charge in [0.25, 0.3) is 0 Å². The van der Waals surface area contributed by atoms with Crippen molar-refractivity contribution in [1.29, 1.82) is 0 Å². The number of nitrogens with two attached hydrogens (primary N) is 1. The maximum absolute atomic E-state index is 6.02. The van der Waals surface area contributed by atoms with Crippen LogP contribution in [0.15, 0.2) is 18.2 Å². The molecular formula is C12H18ClN. The van der Waals surface area contributed by atoms with Crippen LogP contribution < -0.4 is 5.73 Å². The largest absolute Gasteiger partial charge is 0.330 e. The molecule has 0 saturated carbocycles. The van der Waals surface area contributed by atoms with E-state index in [1.807, 2.05) is 12.1 Å². The smallest absolute Gasteiger partial charge is 0.0411 e. The van der Waals surface area contributed by atoms with E-state index < -0.39 is 0 Å². The Bertz CT molecular complexity index is 287. The van der Waals surface area contributed by atoms with Crippen molar-refractivity contribution in [1.82, 2.24) is 0 Å². The average Bonchev–Trinajstić information content (AvgIpc) is 2.02. The van der Waals surface area contributed by atoms with Crippen LogP contribution in [-0.4, -0.2) is 6.54 Å². The maximum Gasteiger partial charge on any atom is 0.0411 e. The Morgan fingerprint density at radius 1 is 1.29 bits per heavy atom. The van der Waals surface area contributed by atoms with E-state index in [1.165, 1.54) is 11.1 Å². The molecule has 1 nitrogen and oxygen atoms in total. The van der Waals surface area contributed by atoms with Crippen molar-refractivity contribution in [3.63, 3.8) is 0 Å². The molecule has 2 N–H and O–H groups in total. The molecule has 0 aromatic heterocycles. The molecule has 0 aliphatic rings. The minimum absolute atomic E-state index is 0.410. The van der Waals surface area contributed by atoms with E-state index >= 15 is 0 Å². The third-order valence-electron chi connectivity index (χ3n) is 2.55. The first-order valence-electron chi connectivity index (χ1n) is 5.01. The Morgan fingerprint density at radius 2 is 1.93 bits per heavy atom. The van der Waals surface area contributed by atoms with Crippen molar-refractivity contribution in [2.24, 2.45) is 11.7 Å². The lowest BCUT2D eigenvalue weighted by atomic mass is 9.88. The highest BCUT2D eigenvalue weighted by atomic mass is 35.5. The third-order valence-corrected chi connectivity index (χ3v) is 2.77. The molecule has 0 radical (unpaired) electrons. The Hall–Kier alpha value is -0.530. The van der Waals surface area contributed by atoms with Crippen molar-refractivity contribution in [3.05, 3.63) is 34.3 Å². The summed E-state index contributed by atoms with van der Waals surface area (Å²) in [7, 11) is 0. The lowest BCUT2D eigenvalue weighted by molar-refractivity contribution is 0.506. The van der Waals surface area contributed by atoms with Crippen molar-refractivity contribution in [2.45, 2.75) is 26.7 Å². The van der Waals surface area contributed by atoms with E-state index in [0.717, 1.165) is 5.02 Å². The second kappa shape index (κ2) is 4.81. The summed E-state index contributed by atoms with van der Waals surface area (Å²) in [5.41, 5.74) is 8.22. The second-order valence-electron chi connectivity index (χ2n) is 4.15. The van der Waals surface area contributed by atoms with Crippen LogP contribution in [0.4, 0.5) is 0 Å². The predicted molar refractivity (Wildman–Crippen MR) is 62.8 cm³/mol. The quantitative estimate of drug-likeness (QED) is 0.816. The first-order chi connectivity index (χ1) is 6.54. The van der Waals surface area contributed by atoms with Crippen LogP contribution in [0.1, 0.15) is 30.9 Å². The molecule has 0 spiro atoms. The second-order valence-corrected chi connectivity index (χ2v) is 4.58. The topological polar surface area (TPSA) is 26.0 Å². The maximum atomic E-state index is 6.02. The SMILES string of the molecule is Cc1cc(Cl)cc(C(CN)C(C)C)c1. The van der Waals surface area contributed by atoms with Gasteiger partial charge >= 0.3 is 0 Å². The molecule has 0 fully saturated rings. The Kier molecular flexibility index (Phi) is 3.97. The van der Waals surface area contributed by atoms with Crippen LogP contribution in [0, 0.1) is 12.8 Å². The van der Waals surface area contributed by atoms with Crippen LogP contribution >= 0.6 is 11.6 Å². The van der Waals surface area contributed by atoms with Gasteiger partial charge in [0.2, 0.25) is 0 Å². The number of halogens is 1. The summed E-state index contributed by atoms with van der Waals surface area (Å²) < 4.78 is 0. The number of benzene rings is 1.